The molecule has 0 radical (unpaired) electrons. The van der Waals surface area contributed by atoms with E-state index in [1.165, 1.54) is 6.20 Å². The number of carbonyl (C=O) groups is 5. The number of carboxylic acid groups (broad SMARTS) is 1. The van der Waals surface area contributed by atoms with E-state index < -0.39 is 60.6 Å². The van der Waals surface area contributed by atoms with Crippen LogP contribution >= 0.6 is 0 Å². The molecule has 250 valence electrons. The Balaban J connectivity index is 1.50. The lowest BCUT2D eigenvalue weighted by atomic mass is 10.0. The molecule has 4 N–H and O–H groups in total. The lowest BCUT2D eigenvalue weighted by Gasteiger charge is -2.31. The van der Waals surface area contributed by atoms with Gasteiger partial charge in [0.2, 0.25) is 17.7 Å². The van der Waals surface area contributed by atoms with Crippen molar-refractivity contribution in [1.29, 1.82) is 0 Å². The number of amides is 5. The van der Waals surface area contributed by atoms with Gasteiger partial charge in [0.1, 0.15) is 24.8 Å². The number of hydrogen-bond acceptors (Lipinski definition) is 6. The molecule has 2 heterocycles. The van der Waals surface area contributed by atoms with E-state index in [0.29, 0.717) is 11.1 Å². The number of likely N-dealkylation sites (tertiary alicyclic amines) is 1. The molecule has 13 heteroatoms. The van der Waals surface area contributed by atoms with Crippen LogP contribution in [0.5, 0.6) is 0 Å². The average molecular weight is 657 g/mol. The fraction of sp³-hybridized carbons (Fsp3) is 0.314. The van der Waals surface area contributed by atoms with Crippen LogP contribution in [0.25, 0.3) is 0 Å². The van der Waals surface area contributed by atoms with Crippen LogP contribution in [0.15, 0.2) is 85.2 Å². The van der Waals surface area contributed by atoms with Gasteiger partial charge in [-0.05, 0) is 29.2 Å². The fourth-order valence-electron chi connectivity index (χ4n) is 5.43. The van der Waals surface area contributed by atoms with Gasteiger partial charge in [0.15, 0.2) is 0 Å². The Bertz CT molecular complexity index is 1600. The number of aromatic nitrogens is 1. The summed E-state index contributed by atoms with van der Waals surface area (Å²) in [4.78, 5) is 70.3. The van der Waals surface area contributed by atoms with Gasteiger partial charge in [-0.3, -0.25) is 29.6 Å². The van der Waals surface area contributed by atoms with Crippen molar-refractivity contribution in [2.24, 2.45) is 0 Å². The number of halogens is 1. The number of pyridine rings is 1. The second-order valence-corrected chi connectivity index (χ2v) is 11.4. The molecule has 0 saturated carbocycles. The highest BCUT2D eigenvalue weighted by molar-refractivity contribution is 5.93. The Kier molecular flexibility index (Phi) is 12.6. The molecule has 1 saturated heterocycles. The summed E-state index contributed by atoms with van der Waals surface area (Å²) in [7, 11) is 0. The minimum Gasteiger partial charge on any atom is -0.481 e. The van der Waals surface area contributed by atoms with Crippen LogP contribution in [0.4, 0.5) is 9.18 Å². The highest BCUT2D eigenvalue weighted by Crippen LogP contribution is 2.22. The summed E-state index contributed by atoms with van der Waals surface area (Å²) < 4.78 is 14.8. The maximum Gasteiger partial charge on any atom is 0.340 e. The van der Waals surface area contributed by atoms with Crippen LogP contribution in [-0.2, 0) is 38.4 Å². The number of carboxylic acids is 1. The summed E-state index contributed by atoms with van der Waals surface area (Å²) in [5, 5.41) is 15.8. The first-order chi connectivity index (χ1) is 23.1. The molecule has 0 aliphatic carbocycles. The van der Waals surface area contributed by atoms with E-state index >= 15 is 0 Å². The molecule has 1 aliphatic heterocycles. The van der Waals surface area contributed by atoms with E-state index in [-0.39, 0.29) is 38.6 Å². The summed E-state index contributed by atoms with van der Waals surface area (Å²) in [5.74, 6) is -0.838. The maximum absolute atomic E-state index is 14.8. The molecular formula is C35H37FN6O6. The van der Waals surface area contributed by atoms with Crippen molar-refractivity contribution in [3.63, 3.8) is 0 Å². The SMILES string of the molecule is C#CCN(NC(=O)Cc1ccccc1)C(=O)N1C[C@@H](F)C[C@H]1C(=O)N[C@@H](Cc1cccnc1)C(=O)N[C@H](CC(=O)O)Cc1ccccc1. The Morgan fingerprint density at radius 2 is 1.62 bits per heavy atom. The number of urea groups is 1. The van der Waals surface area contributed by atoms with Crippen LogP contribution in [0.1, 0.15) is 29.5 Å². The molecule has 5 amide bonds. The van der Waals surface area contributed by atoms with Crippen LogP contribution in [-0.4, -0.2) is 87.1 Å². The van der Waals surface area contributed by atoms with E-state index in [1.54, 1.807) is 60.8 Å². The van der Waals surface area contributed by atoms with E-state index in [4.69, 9.17) is 6.42 Å². The number of carbonyl (C=O) groups excluding carboxylic acids is 4. The quantitative estimate of drug-likeness (QED) is 0.162. The highest BCUT2D eigenvalue weighted by atomic mass is 19.1. The van der Waals surface area contributed by atoms with Gasteiger partial charge in [-0.25, -0.2) is 14.2 Å². The number of benzene rings is 2. The van der Waals surface area contributed by atoms with Crippen LogP contribution in [0.2, 0.25) is 0 Å². The standard InChI is InChI=1S/C35H37FN6O6/c1-2-16-42(40-31(43)19-25-12-7-4-8-13-25)35(48)41-23-27(36)20-30(41)34(47)39-29(18-26-14-9-15-37-22-26)33(46)38-28(21-32(44)45)17-24-10-5-3-6-11-24/h1,3-15,22,27-30H,16-21,23H2,(H,38,46)(H,39,47)(H,40,43)(H,44,45)/t27-,28-,29-,30-/m0/s1. The molecule has 1 aromatic heterocycles. The van der Waals surface area contributed by atoms with Crippen molar-refractivity contribution in [2.45, 2.75) is 56.4 Å². The van der Waals surface area contributed by atoms with Gasteiger partial charge in [-0.1, -0.05) is 72.7 Å². The van der Waals surface area contributed by atoms with E-state index in [0.717, 1.165) is 15.5 Å². The van der Waals surface area contributed by atoms with Crippen molar-refractivity contribution < 1.29 is 33.5 Å². The predicted molar refractivity (Wildman–Crippen MR) is 173 cm³/mol. The average Bonchev–Trinajstić information content (AvgIpc) is 3.46. The summed E-state index contributed by atoms with van der Waals surface area (Å²) in [5.41, 5.74) is 4.55. The van der Waals surface area contributed by atoms with Crippen LogP contribution in [0.3, 0.4) is 0 Å². The third-order valence-corrected chi connectivity index (χ3v) is 7.63. The molecule has 12 nitrogen and oxygen atoms in total. The van der Waals surface area contributed by atoms with E-state index in [1.807, 2.05) is 18.2 Å². The number of nitrogens with zero attached hydrogens (tertiary/aromatic N) is 3. The number of nitrogens with one attached hydrogen (secondary N) is 3. The smallest absolute Gasteiger partial charge is 0.340 e. The monoisotopic (exact) mass is 656 g/mol. The second kappa shape index (κ2) is 17.2. The van der Waals surface area contributed by atoms with Gasteiger partial charge in [-0.15, -0.1) is 6.42 Å². The molecule has 1 fully saturated rings. The Labute approximate surface area is 277 Å². The Morgan fingerprint density at radius 1 is 0.958 bits per heavy atom. The Hall–Kier alpha value is -5.77. The van der Waals surface area contributed by atoms with Gasteiger partial charge < -0.3 is 20.6 Å². The summed E-state index contributed by atoms with van der Waals surface area (Å²) in [6.45, 7) is -0.788. The zero-order chi connectivity index (χ0) is 34.5. The lowest BCUT2D eigenvalue weighted by Crippen LogP contribution is -2.58. The molecule has 3 aromatic rings. The minimum atomic E-state index is -1.56. The third-order valence-electron chi connectivity index (χ3n) is 7.63. The molecule has 0 spiro atoms. The number of alkyl halides is 1. The first-order valence-corrected chi connectivity index (χ1v) is 15.4. The van der Waals surface area contributed by atoms with Gasteiger partial charge in [-0.2, -0.15) is 0 Å². The van der Waals surface area contributed by atoms with Crippen molar-refractivity contribution in [3.05, 3.63) is 102 Å². The molecular weight excluding hydrogens is 619 g/mol. The van der Waals surface area contributed by atoms with Gasteiger partial charge in [0.05, 0.1) is 19.4 Å². The summed E-state index contributed by atoms with van der Waals surface area (Å²) in [6, 6.07) is 17.0. The molecule has 4 rings (SSSR count). The lowest BCUT2D eigenvalue weighted by molar-refractivity contribution is -0.138. The van der Waals surface area contributed by atoms with E-state index in [2.05, 4.69) is 27.0 Å². The number of hydrazine groups is 1. The second-order valence-electron chi connectivity index (χ2n) is 11.4. The fourth-order valence-corrected chi connectivity index (χ4v) is 5.43. The Morgan fingerprint density at radius 3 is 2.25 bits per heavy atom. The van der Waals surface area contributed by atoms with Gasteiger partial charge in [0, 0.05) is 31.3 Å². The normalized spacial score (nSPS) is 16.5. The maximum atomic E-state index is 14.8. The van der Waals surface area contributed by atoms with E-state index in [9.17, 15) is 33.5 Å². The number of hydrogen-bond donors (Lipinski definition) is 4. The van der Waals surface area contributed by atoms with Crippen LogP contribution in [0, 0.1) is 12.3 Å². The largest absolute Gasteiger partial charge is 0.481 e. The predicted octanol–water partition coefficient (Wildman–Crippen LogP) is 2.05. The summed E-state index contributed by atoms with van der Waals surface area (Å²) >= 11 is 0. The van der Waals surface area contributed by atoms with Crippen molar-refractivity contribution in [1.82, 2.24) is 31.0 Å². The highest BCUT2D eigenvalue weighted by Gasteiger charge is 2.43. The number of rotatable bonds is 13. The van der Waals surface area contributed by atoms with Crippen LogP contribution < -0.4 is 16.1 Å². The number of aliphatic carboxylic acids is 1. The minimum absolute atomic E-state index is 0.0188. The van der Waals surface area contributed by atoms with Crippen molar-refractivity contribution in [3.8, 4) is 12.3 Å². The third kappa shape index (κ3) is 10.4. The molecule has 4 atom stereocenters. The first-order valence-electron chi connectivity index (χ1n) is 15.4. The first kappa shape index (κ1) is 35.1. The molecule has 1 aliphatic rings. The molecule has 0 unspecified atom stereocenters. The van der Waals surface area contributed by atoms with Crippen molar-refractivity contribution in [2.75, 3.05) is 13.1 Å². The zero-order valence-electron chi connectivity index (χ0n) is 26.1. The number of terminal acetylenes is 1. The summed E-state index contributed by atoms with van der Waals surface area (Å²) in [6.07, 6.45) is 6.39. The molecule has 2 aromatic carbocycles. The van der Waals surface area contributed by atoms with Gasteiger partial charge >= 0.3 is 12.0 Å². The zero-order valence-corrected chi connectivity index (χ0v) is 26.1. The van der Waals surface area contributed by atoms with Gasteiger partial charge in [0.25, 0.3) is 0 Å². The topological polar surface area (TPSA) is 161 Å². The molecule has 0 bridgehead atoms. The van der Waals surface area contributed by atoms with Crippen molar-refractivity contribution >= 4 is 29.7 Å². The molecule has 48 heavy (non-hydrogen) atoms.